The third-order valence-corrected chi connectivity index (χ3v) is 7.28. The molecule has 1 aromatic carbocycles. The van der Waals surface area contributed by atoms with Gasteiger partial charge in [-0.15, -0.1) is 0 Å². The quantitative estimate of drug-likeness (QED) is 0.153. The minimum atomic E-state index is -4.18. The number of nitrogens with zero attached hydrogens (tertiary/aromatic N) is 1. The Balaban J connectivity index is 0.00000480. The number of H-pyrrole nitrogens is 1. The zero-order valence-corrected chi connectivity index (χ0v) is 23.0. The summed E-state index contributed by atoms with van der Waals surface area (Å²) in [5.41, 5.74) is 1.35. The number of aromatic nitrogens is 2. The molecule has 2 rings (SSSR count). The number of thioether (sulfide) groups is 1. The minimum absolute atomic E-state index is 0. The van der Waals surface area contributed by atoms with Crippen LogP contribution < -0.4 is 29.6 Å². The van der Waals surface area contributed by atoms with E-state index in [0.717, 1.165) is 17.3 Å². The van der Waals surface area contributed by atoms with Gasteiger partial charge in [0, 0.05) is 5.75 Å². The van der Waals surface area contributed by atoms with E-state index in [4.69, 9.17) is 4.55 Å². The maximum Gasteiger partial charge on any atom is 1.00 e. The van der Waals surface area contributed by atoms with Crippen molar-refractivity contribution in [3.8, 4) is 0 Å². The number of fused-ring (bicyclic) bond motifs is 1. The number of nitrogens with one attached hydrogen (secondary N) is 1. The molecule has 2 aromatic rings. The van der Waals surface area contributed by atoms with Crippen LogP contribution in [0.4, 0.5) is 0 Å². The molecule has 0 aliphatic heterocycles. The Hall–Kier alpha value is -0.0500. The number of hydrogen-bond donors (Lipinski definition) is 2. The predicted octanol–water partition coefficient (Wildman–Crippen LogP) is 4.39. The van der Waals surface area contributed by atoms with Gasteiger partial charge in [-0.3, -0.25) is 4.55 Å². The van der Waals surface area contributed by atoms with E-state index < -0.39 is 10.1 Å². The van der Waals surface area contributed by atoms with Crippen LogP contribution >= 0.6 is 11.8 Å². The number of hydrogen-bond acceptors (Lipinski definition) is 4. The second-order valence-electron chi connectivity index (χ2n) is 8.14. The molecule has 0 amide bonds. The average Bonchev–Trinajstić information content (AvgIpc) is 3.12. The van der Waals surface area contributed by atoms with Gasteiger partial charge in [0.15, 0.2) is 5.16 Å². The van der Waals surface area contributed by atoms with Gasteiger partial charge < -0.3 is 4.98 Å². The summed E-state index contributed by atoms with van der Waals surface area (Å²) in [6, 6.07) is 4.42. The van der Waals surface area contributed by atoms with Crippen molar-refractivity contribution in [2.24, 2.45) is 0 Å². The van der Waals surface area contributed by atoms with Gasteiger partial charge in [0.25, 0.3) is 10.1 Å². The van der Waals surface area contributed by atoms with Gasteiger partial charge in [0.05, 0.1) is 15.9 Å². The zero-order chi connectivity index (χ0) is 21.7. The van der Waals surface area contributed by atoms with Crippen molar-refractivity contribution in [2.45, 2.75) is 107 Å². The van der Waals surface area contributed by atoms with E-state index in [0.29, 0.717) is 11.0 Å². The molecule has 0 spiro atoms. The van der Waals surface area contributed by atoms with E-state index in [1.807, 2.05) is 0 Å². The van der Waals surface area contributed by atoms with E-state index in [9.17, 15) is 8.42 Å². The van der Waals surface area contributed by atoms with Gasteiger partial charge in [-0.2, -0.15) is 8.42 Å². The molecule has 1 aromatic heterocycles. The van der Waals surface area contributed by atoms with Crippen LogP contribution in [0, 0.1) is 0 Å². The number of benzene rings is 1. The normalized spacial score (nSPS) is 11.7. The summed E-state index contributed by atoms with van der Waals surface area (Å²) in [7, 11) is -4.18. The molecule has 0 saturated heterocycles. The maximum absolute atomic E-state index is 11.2. The summed E-state index contributed by atoms with van der Waals surface area (Å²) in [5, 5.41) is 0.798. The van der Waals surface area contributed by atoms with Crippen LogP contribution in [0.2, 0.25) is 0 Å². The van der Waals surface area contributed by atoms with Gasteiger partial charge in [0.1, 0.15) is 0 Å². The fourth-order valence-electron chi connectivity index (χ4n) is 3.66. The molecule has 0 unspecified atom stereocenters. The van der Waals surface area contributed by atoms with Crippen molar-refractivity contribution < 1.29 is 42.5 Å². The first kappa shape index (κ1) is 29.0. The third kappa shape index (κ3) is 12.1. The molecule has 0 fully saturated rings. The third-order valence-electron chi connectivity index (χ3n) is 5.47. The first-order chi connectivity index (χ1) is 14.5. The van der Waals surface area contributed by atoms with Crippen molar-refractivity contribution in [1.29, 1.82) is 0 Å². The Labute approximate surface area is 215 Å². The van der Waals surface area contributed by atoms with Gasteiger partial charge in [-0.05, 0) is 24.6 Å². The molecular formula is C23H38N2NaO3S2+. The standard InChI is InChI=1S/C23H38N2O3S2.Na/c1-2-3-4-5-6-7-8-9-10-11-12-13-14-15-18-29-23-24-21-17-16-20(30(26,27)28)19-22(21)25-23;/h16-17,19H,2-15,18H2,1H3,(H,24,25)(H,26,27,28);/q;+1. The smallest absolute Gasteiger partial charge is 0.333 e. The monoisotopic (exact) mass is 477 g/mol. The van der Waals surface area contributed by atoms with Crippen molar-refractivity contribution in [2.75, 3.05) is 5.75 Å². The molecule has 170 valence electrons. The Morgan fingerprint density at radius 1 is 0.871 bits per heavy atom. The molecule has 0 aliphatic carbocycles. The van der Waals surface area contributed by atoms with E-state index >= 15 is 0 Å². The summed E-state index contributed by atoms with van der Waals surface area (Å²) in [4.78, 5) is 7.50. The minimum Gasteiger partial charge on any atom is -0.333 e. The van der Waals surface area contributed by atoms with Gasteiger partial charge in [0.2, 0.25) is 0 Å². The van der Waals surface area contributed by atoms with Crippen molar-refractivity contribution in [1.82, 2.24) is 9.97 Å². The summed E-state index contributed by atoms with van der Waals surface area (Å²) < 4.78 is 31.6. The fraction of sp³-hybridized carbons (Fsp3) is 0.696. The summed E-state index contributed by atoms with van der Waals surface area (Å²) in [5.74, 6) is 1.00. The Kier molecular flexibility index (Phi) is 15.5. The Morgan fingerprint density at radius 2 is 1.39 bits per heavy atom. The fourth-order valence-corrected chi connectivity index (χ4v) is 5.05. The summed E-state index contributed by atoms with van der Waals surface area (Å²) >= 11 is 1.67. The molecule has 8 heteroatoms. The van der Waals surface area contributed by atoms with Crippen LogP contribution in [-0.2, 0) is 10.1 Å². The van der Waals surface area contributed by atoms with Crippen LogP contribution in [0.3, 0.4) is 0 Å². The number of imidazole rings is 1. The van der Waals surface area contributed by atoms with Crippen molar-refractivity contribution in [3.05, 3.63) is 18.2 Å². The number of rotatable bonds is 17. The molecule has 31 heavy (non-hydrogen) atoms. The van der Waals surface area contributed by atoms with Crippen LogP contribution in [0.15, 0.2) is 28.3 Å². The largest absolute Gasteiger partial charge is 1.00 e. The van der Waals surface area contributed by atoms with E-state index in [1.54, 1.807) is 17.8 Å². The molecule has 0 atom stereocenters. The Morgan fingerprint density at radius 3 is 1.90 bits per heavy atom. The SMILES string of the molecule is CCCCCCCCCCCCCCCCSc1nc2ccc(S(=O)(=O)O)cc2[nH]1.[Na+]. The first-order valence-corrected chi connectivity index (χ1v) is 14.0. The van der Waals surface area contributed by atoms with Crippen LogP contribution in [0.25, 0.3) is 11.0 Å². The van der Waals surface area contributed by atoms with Gasteiger partial charge >= 0.3 is 29.6 Å². The zero-order valence-electron chi connectivity index (χ0n) is 19.4. The molecule has 0 saturated carbocycles. The maximum atomic E-state index is 11.2. The second kappa shape index (κ2) is 16.5. The van der Waals surface area contributed by atoms with Crippen molar-refractivity contribution >= 4 is 32.9 Å². The average molecular weight is 478 g/mol. The first-order valence-electron chi connectivity index (χ1n) is 11.6. The van der Waals surface area contributed by atoms with Crippen LogP contribution in [-0.4, -0.2) is 28.7 Å². The van der Waals surface area contributed by atoms with Crippen molar-refractivity contribution in [3.63, 3.8) is 0 Å². The van der Waals surface area contributed by atoms with Crippen LogP contribution in [0.5, 0.6) is 0 Å². The molecule has 0 bridgehead atoms. The van der Waals surface area contributed by atoms with Gasteiger partial charge in [-0.25, -0.2) is 4.98 Å². The second-order valence-corrected chi connectivity index (χ2v) is 10.6. The molecule has 2 N–H and O–H groups in total. The summed E-state index contributed by atoms with van der Waals surface area (Å²) in [6.45, 7) is 2.27. The number of unbranched alkanes of at least 4 members (excludes halogenated alkanes) is 13. The molecule has 1 heterocycles. The topological polar surface area (TPSA) is 83.1 Å². The summed E-state index contributed by atoms with van der Waals surface area (Å²) in [6.07, 6.45) is 19.0. The Bertz CT molecular complexity index is 840. The van der Waals surface area contributed by atoms with E-state index in [-0.39, 0.29) is 34.5 Å². The van der Waals surface area contributed by atoms with Crippen LogP contribution in [0.1, 0.15) is 96.8 Å². The molecule has 5 nitrogen and oxygen atoms in total. The number of aromatic amines is 1. The molecule has 0 radical (unpaired) electrons. The van der Waals surface area contributed by atoms with Gasteiger partial charge in [-0.1, -0.05) is 102 Å². The van der Waals surface area contributed by atoms with E-state index in [1.165, 1.54) is 95.6 Å². The molecular weight excluding hydrogens is 439 g/mol. The predicted molar refractivity (Wildman–Crippen MR) is 127 cm³/mol. The van der Waals surface area contributed by atoms with E-state index in [2.05, 4.69) is 16.9 Å². The molecule has 0 aliphatic rings.